The van der Waals surface area contributed by atoms with Crippen LogP contribution in [0.25, 0.3) is 33.5 Å². The topological polar surface area (TPSA) is 72.2 Å². The van der Waals surface area contributed by atoms with Gasteiger partial charge in [-0.25, -0.2) is 13.8 Å². The molecule has 5 rings (SSSR count). The smallest absolute Gasteiger partial charge is 0.230 e. The highest BCUT2D eigenvalue weighted by atomic mass is 35.5. The number of furan rings is 1. The van der Waals surface area contributed by atoms with E-state index in [9.17, 15) is 18.4 Å². The number of pyridine rings is 1. The first-order valence-electron chi connectivity index (χ1n) is 11.1. The molecule has 5 nitrogen and oxygen atoms in total. The summed E-state index contributed by atoms with van der Waals surface area (Å²) in [5.41, 5.74) is 2.14. The van der Waals surface area contributed by atoms with Gasteiger partial charge < -0.3 is 9.73 Å². The number of anilines is 1. The molecule has 0 bridgehead atoms. The number of hydrogen-bond acceptors (Lipinski definition) is 4. The van der Waals surface area contributed by atoms with Gasteiger partial charge in [0.25, 0.3) is 0 Å². The monoisotopic (exact) mass is 570 g/mol. The molecule has 0 saturated heterocycles. The summed E-state index contributed by atoms with van der Waals surface area (Å²) >= 11 is 18.7. The fraction of sp³-hybridized carbons (Fsp3) is 0.0357. The third-order valence-electron chi connectivity index (χ3n) is 5.71. The van der Waals surface area contributed by atoms with Gasteiger partial charge in [0.05, 0.1) is 16.1 Å². The molecule has 0 aliphatic rings. The minimum atomic E-state index is -1.20. The van der Waals surface area contributed by atoms with E-state index < -0.39 is 23.3 Å². The zero-order valence-electron chi connectivity index (χ0n) is 19.4. The van der Waals surface area contributed by atoms with Crippen molar-refractivity contribution >= 4 is 63.3 Å². The van der Waals surface area contributed by atoms with E-state index in [2.05, 4.69) is 10.3 Å². The van der Waals surface area contributed by atoms with E-state index in [1.165, 1.54) is 6.92 Å². The van der Waals surface area contributed by atoms with Crippen LogP contribution in [-0.4, -0.2) is 16.7 Å². The van der Waals surface area contributed by atoms with Crippen LogP contribution >= 0.6 is 34.8 Å². The van der Waals surface area contributed by atoms with Crippen molar-refractivity contribution < 1.29 is 22.8 Å². The SMILES string of the molecule is CC(=O)Nc1c(C(=O)c2ccc(F)c(F)c2)oc2nc(-c3ccc(Cl)cc3Cl)c(-c3ccc(Cl)cc3)cc12. The molecule has 10 heteroatoms. The van der Waals surface area contributed by atoms with Crippen molar-refractivity contribution in [2.24, 2.45) is 0 Å². The van der Waals surface area contributed by atoms with Gasteiger partial charge >= 0.3 is 0 Å². The first-order valence-corrected chi connectivity index (χ1v) is 12.2. The molecule has 0 unspecified atom stereocenters. The molecule has 5 aromatic rings. The Morgan fingerprint density at radius 3 is 2.21 bits per heavy atom. The molecule has 3 aromatic carbocycles. The van der Waals surface area contributed by atoms with Crippen molar-refractivity contribution in [2.75, 3.05) is 5.32 Å². The summed E-state index contributed by atoms with van der Waals surface area (Å²) in [7, 11) is 0. The second-order valence-corrected chi connectivity index (χ2v) is 9.59. The summed E-state index contributed by atoms with van der Waals surface area (Å²) in [6.45, 7) is 1.26. The second kappa shape index (κ2) is 10.2. The number of nitrogens with one attached hydrogen (secondary N) is 1. The number of carbonyl (C=O) groups is 2. The quantitative estimate of drug-likeness (QED) is 0.214. The number of halogens is 5. The van der Waals surface area contributed by atoms with Gasteiger partial charge in [-0.1, -0.05) is 46.9 Å². The Labute approximate surface area is 230 Å². The van der Waals surface area contributed by atoms with Gasteiger partial charge in [-0.15, -0.1) is 0 Å². The van der Waals surface area contributed by atoms with Crippen LogP contribution in [0, 0.1) is 11.6 Å². The number of aromatic nitrogens is 1. The predicted octanol–water partition coefficient (Wildman–Crippen LogP) is 8.59. The van der Waals surface area contributed by atoms with Crippen molar-refractivity contribution in [2.45, 2.75) is 6.92 Å². The van der Waals surface area contributed by atoms with E-state index >= 15 is 0 Å². The third kappa shape index (κ3) is 4.88. The van der Waals surface area contributed by atoms with Gasteiger partial charge in [0, 0.05) is 33.7 Å². The Morgan fingerprint density at radius 1 is 0.842 bits per heavy atom. The molecular weight excluding hydrogens is 557 g/mol. The van der Waals surface area contributed by atoms with Gasteiger partial charge in [-0.2, -0.15) is 0 Å². The summed E-state index contributed by atoms with van der Waals surface area (Å²) in [6.07, 6.45) is 0. The molecule has 0 spiro atoms. The molecular formula is C28H15Cl3F2N2O3. The number of fused-ring (bicyclic) bond motifs is 1. The van der Waals surface area contributed by atoms with Gasteiger partial charge in [0.15, 0.2) is 11.6 Å². The zero-order valence-corrected chi connectivity index (χ0v) is 21.7. The van der Waals surface area contributed by atoms with E-state index in [4.69, 9.17) is 39.2 Å². The van der Waals surface area contributed by atoms with Crippen LogP contribution in [0.3, 0.4) is 0 Å². The Balaban J connectivity index is 1.80. The molecule has 1 amide bonds. The summed E-state index contributed by atoms with van der Waals surface area (Å²) in [6, 6.07) is 16.3. The molecule has 0 aliphatic carbocycles. The second-order valence-electron chi connectivity index (χ2n) is 8.31. The van der Waals surface area contributed by atoms with Crippen LogP contribution in [0.2, 0.25) is 15.1 Å². The molecule has 0 aliphatic heterocycles. The van der Waals surface area contributed by atoms with Crippen molar-refractivity contribution in [3.63, 3.8) is 0 Å². The number of ketones is 1. The maximum atomic E-state index is 13.9. The highest BCUT2D eigenvalue weighted by Crippen LogP contribution is 2.41. The number of benzene rings is 3. The van der Waals surface area contributed by atoms with Crippen LogP contribution < -0.4 is 5.32 Å². The number of carbonyl (C=O) groups excluding carboxylic acids is 2. The highest BCUT2D eigenvalue weighted by Gasteiger charge is 2.26. The number of rotatable bonds is 5. The van der Waals surface area contributed by atoms with Gasteiger partial charge in [-0.05, 0) is 60.2 Å². The van der Waals surface area contributed by atoms with Gasteiger partial charge in [0.2, 0.25) is 23.2 Å². The molecule has 2 aromatic heterocycles. The van der Waals surface area contributed by atoms with Crippen molar-refractivity contribution in [1.29, 1.82) is 0 Å². The Bertz CT molecular complexity index is 1750. The average molecular weight is 572 g/mol. The van der Waals surface area contributed by atoms with Crippen LogP contribution in [0.15, 0.2) is 71.1 Å². The molecule has 0 fully saturated rings. The van der Waals surface area contributed by atoms with Crippen LogP contribution in [0.5, 0.6) is 0 Å². The van der Waals surface area contributed by atoms with E-state index in [1.54, 1.807) is 48.5 Å². The number of amides is 1. The molecule has 1 N–H and O–H groups in total. The van der Waals surface area contributed by atoms with Gasteiger partial charge in [-0.3, -0.25) is 9.59 Å². The predicted molar refractivity (Wildman–Crippen MR) is 144 cm³/mol. The lowest BCUT2D eigenvalue weighted by molar-refractivity contribution is -0.114. The maximum absolute atomic E-state index is 13.9. The van der Waals surface area contributed by atoms with Crippen LogP contribution in [-0.2, 0) is 4.79 Å². The molecule has 190 valence electrons. The van der Waals surface area contributed by atoms with Crippen LogP contribution in [0.4, 0.5) is 14.5 Å². The molecule has 0 atom stereocenters. The number of hydrogen-bond donors (Lipinski definition) is 1. The fourth-order valence-corrected chi connectivity index (χ4v) is 4.61. The molecule has 38 heavy (non-hydrogen) atoms. The Morgan fingerprint density at radius 2 is 1.55 bits per heavy atom. The van der Waals surface area contributed by atoms with Gasteiger partial charge in [0.1, 0.15) is 5.69 Å². The maximum Gasteiger partial charge on any atom is 0.230 e. The van der Waals surface area contributed by atoms with Crippen molar-refractivity contribution in [3.05, 3.63) is 105 Å². The summed E-state index contributed by atoms with van der Waals surface area (Å²) in [4.78, 5) is 30.1. The zero-order chi connectivity index (χ0) is 27.1. The van der Waals surface area contributed by atoms with Crippen molar-refractivity contribution in [3.8, 4) is 22.4 Å². The van der Waals surface area contributed by atoms with E-state index in [0.717, 1.165) is 18.2 Å². The number of nitrogens with zero attached hydrogens (tertiary/aromatic N) is 1. The summed E-state index contributed by atoms with van der Waals surface area (Å²) in [5.74, 6) is -3.85. The lowest BCUT2D eigenvalue weighted by Gasteiger charge is -2.12. The minimum Gasteiger partial charge on any atom is -0.432 e. The summed E-state index contributed by atoms with van der Waals surface area (Å²) < 4.78 is 33.2. The minimum absolute atomic E-state index is 0.0124. The molecule has 2 heterocycles. The average Bonchev–Trinajstić information content (AvgIpc) is 3.21. The van der Waals surface area contributed by atoms with E-state index in [-0.39, 0.29) is 22.7 Å². The lowest BCUT2D eigenvalue weighted by atomic mass is 9.97. The first kappa shape index (κ1) is 25.9. The molecule has 0 saturated carbocycles. The summed E-state index contributed by atoms with van der Waals surface area (Å²) in [5, 5.41) is 4.20. The molecule has 0 radical (unpaired) electrons. The highest BCUT2D eigenvalue weighted by molar-refractivity contribution is 6.36. The standard InChI is InChI=1S/C28H15Cl3F2N2O3/c1-13(36)34-25-20-12-19(14-2-5-16(29)6-3-14)24(18-8-7-17(30)11-21(18)31)35-28(20)38-27(25)26(37)15-4-9-22(32)23(33)10-15/h2-12H,1H3,(H,34,36). The first-order chi connectivity index (χ1) is 18.1. The van der Waals surface area contributed by atoms with E-state index in [0.29, 0.717) is 42.8 Å². The fourth-order valence-electron chi connectivity index (χ4n) is 3.99. The largest absolute Gasteiger partial charge is 0.432 e. The van der Waals surface area contributed by atoms with Crippen LogP contribution in [0.1, 0.15) is 23.0 Å². The van der Waals surface area contributed by atoms with E-state index in [1.807, 2.05) is 0 Å². The van der Waals surface area contributed by atoms with Crippen molar-refractivity contribution in [1.82, 2.24) is 4.98 Å². The Hall–Kier alpha value is -3.78. The lowest BCUT2D eigenvalue weighted by Crippen LogP contribution is -2.10. The Kier molecular flexibility index (Phi) is 6.92. The normalized spacial score (nSPS) is 11.1. The third-order valence-corrected chi connectivity index (χ3v) is 6.51.